The van der Waals surface area contributed by atoms with Crippen molar-refractivity contribution in [1.29, 1.82) is 0 Å². The van der Waals surface area contributed by atoms with Crippen LogP contribution in [0.15, 0.2) is 19.0 Å². The largest absolute Gasteiger partial charge is 0.494 e. The third-order valence-corrected chi connectivity index (χ3v) is 2.88. The summed E-state index contributed by atoms with van der Waals surface area (Å²) in [4.78, 5) is 16.2. The van der Waals surface area contributed by atoms with Gasteiger partial charge in [0.2, 0.25) is 0 Å². The van der Waals surface area contributed by atoms with Gasteiger partial charge < -0.3 is 9.47 Å². The van der Waals surface area contributed by atoms with Crippen molar-refractivity contribution in [3.63, 3.8) is 0 Å². The number of carbonyl (C=O) groups is 1. The number of imidazole rings is 1. The second-order valence-corrected chi connectivity index (χ2v) is 6.14. The lowest BCUT2D eigenvalue weighted by molar-refractivity contribution is 0.0636. The summed E-state index contributed by atoms with van der Waals surface area (Å²) in [6.45, 7) is 11.5. The van der Waals surface area contributed by atoms with E-state index in [2.05, 4.69) is 22.0 Å². The Hall–Kier alpha value is -2.28. The SMILES string of the molecule is C=C(OCC)c1c(NC(=O)OC(C)(C)C)cnn2cc(Cl)nc12. The number of nitrogens with zero attached hydrogens (tertiary/aromatic N) is 3. The van der Waals surface area contributed by atoms with Crippen LogP contribution in [-0.2, 0) is 9.47 Å². The van der Waals surface area contributed by atoms with Crippen LogP contribution in [0.3, 0.4) is 0 Å². The van der Waals surface area contributed by atoms with E-state index in [0.717, 1.165) is 0 Å². The Morgan fingerprint density at radius 1 is 1.48 bits per heavy atom. The molecule has 1 amide bonds. The van der Waals surface area contributed by atoms with Crippen LogP contribution >= 0.6 is 11.6 Å². The first-order valence-corrected chi connectivity index (χ1v) is 7.45. The van der Waals surface area contributed by atoms with E-state index >= 15 is 0 Å². The molecule has 124 valence electrons. The average molecular weight is 339 g/mol. The highest BCUT2D eigenvalue weighted by molar-refractivity contribution is 6.29. The predicted octanol–water partition coefficient (Wildman–Crippen LogP) is 3.74. The van der Waals surface area contributed by atoms with Crippen molar-refractivity contribution in [2.24, 2.45) is 0 Å². The normalized spacial score (nSPS) is 11.3. The van der Waals surface area contributed by atoms with E-state index < -0.39 is 11.7 Å². The Kier molecular flexibility index (Phi) is 4.79. The molecule has 1 N–H and O–H groups in total. The highest BCUT2D eigenvalue weighted by Gasteiger charge is 2.21. The Morgan fingerprint density at radius 3 is 2.78 bits per heavy atom. The van der Waals surface area contributed by atoms with Crippen molar-refractivity contribution in [2.75, 3.05) is 11.9 Å². The first kappa shape index (κ1) is 17.1. The molecule has 0 aliphatic rings. The summed E-state index contributed by atoms with van der Waals surface area (Å²) in [7, 11) is 0. The van der Waals surface area contributed by atoms with Gasteiger partial charge in [-0.3, -0.25) is 5.32 Å². The Balaban J connectivity index is 2.44. The number of anilines is 1. The topological polar surface area (TPSA) is 77.8 Å². The van der Waals surface area contributed by atoms with E-state index in [1.165, 1.54) is 10.7 Å². The zero-order valence-corrected chi connectivity index (χ0v) is 14.3. The van der Waals surface area contributed by atoms with Crippen LogP contribution in [0, 0.1) is 0 Å². The lowest BCUT2D eigenvalue weighted by atomic mass is 10.2. The number of hydrogen-bond acceptors (Lipinski definition) is 5. The summed E-state index contributed by atoms with van der Waals surface area (Å²) in [5, 5.41) is 7.08. The molecule has 7 nitrogen and oxygen atoms in total. The van der Waals surface area contributed by atoms with E-state index in [9.17, 15) is 4.79 Å². The van der Waals surface area contributed by atoms with E-state index in [0.29, 0.717) is 29.3 Å². The molecule has 2 aromatic rings. The molecule has 0 aliphatic heterocycles. The van der Waals surface area contributed by atoms with Crippen LogP contribution in [0.1, 0.15) is 33.3 Å². The van der Waals surface area contributed by atoms with Crippen LogP contribution in [0.25, 0.3) is 11.4 Å². The number of aromatic nitrogens is 3. The second-order valence-electron chi connectivity index (χ2n) is 5.75. The van der Waals surface area contributed by atoms with Gasteiger partial charge in [0.15, 0.2) is 5.65 Å². The van der Waals surface area contributed by atoms with Gasteiger partial charge in [-0.25, -0.2) is 14.3 Å². The van der Waals surface area contributed by atoms with Gasteiger partial charge in [-0.2, -0.15) is 5.10 Å². The minimum Gasteiger partial charge on any atom is -0.494 e. The third kappa shape index (κ3) is 4.13. The summed E-state index contributed by atoms with van der Waals surface area (Å²) in [6, 6.07) is 0. The fraction of sp³-hybridized carbons (Fsp3) is 0.400. The molecule has 0 saturated heterocycles. The highest BCUT2D eigenvalue weighted by atomic mass is 35.5. The molecule has 0 radical (unpaired) electrons. The maximum atomic E-state index is 12.0. The van der Waals surface area contributed by atoms with Gasteiger partial charge in [0.25, 0.3) is 0 Å². The summed E-state index contributed by atoms with van der Waals surface area (Å²) in [5.74, 6) is 0.355. The fourth-order valence-electron chi connectivity index (χ4n) is 1.94. The smallest absolute Gasteiger partial charge is 0.412 e. The molecule has 0 unspecified atom stereocenters. The maximum absolute atomic E-state index is 12.0. The molecular formula is C15H19ClN4O3. The number of ether oxygens (including phenoxy) is 2. The number of hydrogen-bond donors (Lipinski definition) is 1. The molecule has 0 spiro atoms. The minimum absolute atomic E-state index is 0.275. The molecule has 2 aromatic heterocycles. The lowest BCUT2D eigenvalue weighted by Gasteiger charge is -2.20. The Bertz CT molecular complexity index is 749. The number of amides is 1. The summed E-state index contributed by atoms with van der Waals surface area (Å²) in [5.41, 5.74) is 0.698. The van der Waals surface area contributed by atoms with Crippen molar-refractivity contribution in [3.05, 3.63) is 29.7 Å². The molecule has 0 saturated carbocycles. The van der Waals surface area contributed by atoms with Crippen molar-refractivity contribution in [1.82, 2.24) is 14.6 Å². The third-order valence-electron chi connectivity index (χ3n) is 2.70. The number of carbonyl (C=O) groups excluding carboxylic acids is 1. The van der Waals surface area contributed by atoms with E-state index in [1.54, 1.807) is 27.0 Å². The molecular weight excluding hydrogens is 320 g/mol. The fourth-order valence-corrected chi connectivity index (χ4v) is 2.11. The number of nitrogens with one attached hydrogen (secondary N) is 1. The summed E-state index contributed by atoms with van der Waals surface area (Å²) in [6.07, 6.45) is 2.41. The molecule has 0 bridgehead atoms. The molecule has 0 aromatic carbocycles. The van der Waals surface area contributed by atoms with Crippen LogP contribution in [-0.4, -0.2) is 32.9 Å². The molecule has 2 rings (SSSR count). The van der Waals surface area contributed by atoms with Gasteiger partial charge in [0.1, 0.15) is 16.5 Å². The van der Waals surface area contributed by atoms with E-state index in [1.807, 2.05) is 6.92 Å². The zero-order chi connectivity index (χ0) is 17.2. The van der Waals surface area contributed by atoms with E-state index in [-0.39, 0.29) is 5.15 Å². The van der Waals surface area contributed by atoms with Gasteiger partial charge in [0.05, 0.1) is 30.3 Å². The Labute approximate surface area is 139 Å². The predicted molar refractivity (Wildman–Crippen MR) is 88.5 cm³/mol. The van der Waals surface area contributed by atoms with Crippen LogP contribution < -0.4 is 5.32 Å². The standard InChI is InChI=1S/C15H19ClN4O3/c1-6-22-9(2)12-10(18-14(21)23-15(3,4)5)7-17-20-8-11(16)19-13(12)20/h7-8H,2,6H2,1,3-5H3,(H,18,21). The van der Waals surface area contributed by atoms with Crippen molar-refractivity contribution < 1.29 is 14.3 Å². The number of halogens is 1. The summed E-state index contributed by atoms with van der Waals surface area (Å²) >= 11 is 5.93. The van der Waals surface area contributed by atoms with Crippen LogP contribution in [0.5, 0.6) is 0 Å². The minimum atomic E-state index is -0.616. The van der Waals surface area contributed by atoms with Crippen LogP contribution in [0.2, 0.25) is 5.15 Å². The number of rotatable bonds is 4. The van der Waals surface area contributed by atoms with Gasteiger partial charge in [0, 0.05) is 0 Å². The molecule has 8 heteroatoms. The monoisotopic (exact) mass is 338 g/mol. The van der Waals surface area contributed by atoms with Crippen molar-refractivity contribution in [3.8, 4) is 0 Å². The van der Waals surface area contributed by atoms with Crippen LogP contribution in [0.4, 0.5) is 10.5 Å². The van der Waals surface area contributed by atoms with E-state index in [4.69, 9.17) is 21.1 Å². The second kappa shape index (κ2) is 6.45. The quantitative estimate of drug-likeness (QED) is 0.859. The molecule has 0 aliphatic carbocycles. The Morgan fingerprint density at radius 2 is 2.17 bits per heavy atom. The van der Waals surface area contributed by atoms with Crippen molar-refractivity contribution >= 4 is 34.8 Å². The van der Waals surface area contributed by atoms with Gasteiger partial charge in [-0.05, 0) is 27.7 Å². The molecule has 0 fully saturated rings. The van der Waals surface area contributed by atoms with Gasteiger partial charge >= 0.3 is 6.09 Å². The summed E-state index contributed by atoms with van der Waals surface area (Å²) < 4.78 is 12.2. The first-order valence-electron chi connectivity index (χ1n) is 7.07. The average Bonchev–Trinajstić information content (AvgIpc) is 2.76. The first-order chi connectivity index (χ1) is 10.7. The number of fused-ring (bicyclic) bond motifs is 1. The highest BCUT2D eigenvalue weighted by Crippen LogP contribution is 2.28. The molecule has 2 heterocycles. The lowest BCUT2D eigenvalue weighted by Crippen LogP contribution is -2.27. The zero-order valence-electron chi connectivity index (χ0n) is 13.5. The molecule has 0 atom stereocenters. The van der Waals surface area contributed by atoms with Crippen molar-refractivity contribution in [2.45, 2.75) is 33.3 Å². The maximum Gasteiger partial charge on any atom is 0.412 e. The molecule has 23 heavy (non-hydrogen) atoms. The van der Waals surface area contributed by atoms with Gasteiger partial charge in [-0.15, -0.1) is 0 Å². The van der Waals surface area contributed by atoms with Gasteiger partial charge in [-0.1, -0.05) is 18.2 Å².